The van der Waals surface area contributed by atoms with E-state index in [9.17, 15) is 0 Å². The molecule has 0 amide bonds. The van der Waals surface area contributed by atoms with Gasteiger partial charge in [-0.3, -0.25) is 0 Å². The van der Waals surface area contributed by atoms with Crippen LogP contribution < -0.4 is 0 Å². The summed E-state index contributed by atoms with van der Waals surface area (Å²) in [6.45, 7) is 5.09. The predicted octanol–water partition coefficient (Wildman–Crippen LogP) is 3.22. The number of benzene rings is 1. The van der Waals surface area contributed by atoms with E-state index in [0.29, 0.717) is 6.10 Å². The maximum absolute atomic E-state index is 5.62. The highest BCUT2D eigenvalue weighted by molar-refractivity contribution is 5.26. The highest BCUT2D eigenvalue weighted by Crippen LogP contribution is 2.50. The van der Waals surface area contributed by atoms with Crippen molar-refractivity contribution in [1.29, 1.82) is 0 Å². The molecule has 1 saturated carbocycles. The van der Waals surface area contributed by atoms with E-state index >= 15 is 0 Å². The summed E-state index contributed by atoms with van der Waals surface area (Å²) >= 11 is 0. The highest BCUT2D eigenvalue weighted by atomic mass is 16.5. The van der Waals surface area contributed by atoms with Gasteiger partial charge in [-0.1, -0.05) is 30.3 Å². The van der Waals surface area contributed by atoms with Gasteiger partial charge < -0.3 is 4.74 Å². The van der Waals surface area contributed by atoms with Gasteiger partial charge in [0.15, 0.2) is 0 Å². The van der Waals surface area contributed by atoms with Crippen LogP contribution in [0.3, 0.4) is 0 Å². The van der Waals surface area contributed by atoms with Crippen molar-refractivity contribution in [3.63, 3.8) is 0 Å². The SMILES string of the molecule is CCO[C@H](C)[C@@H]1C[C@@H]1c1ccccc1. The first-order valence-corrected chi connectivity index (χ1v) is 5.49. The lowest BCUT2D eigenvalue weighted by molar-refractivity contribution is 0.0594. The molecule has 0 unspecified atom stereocenters. The normalized spacial score (nSPS) is 27.3. The Balaban J connectivity index is 1.93. The molecule has 0 radical (unpaired) electrons. The first kappa shape index (κ1) is 9.72. The summed E-state index contributed by atoms with van der Waals surface area (Å²) in [5.41, 5.74) is 1.48. The van der Waals surface area contributed by atoms with Crippen LogP contribution in [0.5, 0.6) is 0 Å². The molecule has 0 bridgehead atoms. The summed E-state index contributed by atoms with van der Waals surface area (Å²) in [6, 6.07) is 10.8. The largest absolute Gasteiger partial charge is 0.378 e. The smallest absolute Gasteiger partial charge is 0.0581 e. The number of rotatable bonds is 4. The Kier molecular flexibility index (Phi) is 2.87. The summed E-state index contributed by atoms with van der Waals surface area (Å²) in [6.07, 6.45) is 1.72. The van der Waals surface area contributed by atoms with Crippen molar-refractivity contribution in [2.75, 3.05) is 6.61 Å². The van der Waals surface area contributed by atoms with Gasteiger partial charge in [0.2, 0.25) is 0 Å². The van der Waals surface area contributed by atoms with E-state index in [2.05, 4.69) is 44.2 Å². The van der Waals surface area contributed by atoms with Gasteiger partial charge in [0.05, 0.1) is 6.10 Å². The molecule has 14 heavy (non-hydrogen) atoms. The summed E-state index contributed by atoms with van der Waals surface area (Å²) < 4.78 is 5.62. The van der Waals surface area contributed by atoms with Crippen LogP contribution >= 0.6 is 0 Å². The lowest BCUT2D eigenvalue weighted by Crippen LogP contribution is -2.11. The molecular formula is C13H18O. The van der Waals surface area contributed by atoms with Crippen LogP contribution in [0.15, 0.2) is 30.3 Å². The molecule has 1 nitrogen and oxygen atoms in total. The van der Waals surface area contributed by atoms with Gasteiger partial charge in [-0.25, -0.2) is 0 Å². The molecule has 0 saturated heterocycles. The first-order valence-electron chi connectivity index (χ1n) is 5.49. The van der Waals surface area contributed by atoms with Gasteiger partial charge in [0.25, 0.3) is 0 Å². The van der Waals surface area contributed by atoms with E-state index in [1.54, 1.807) is 0 Å². The molecule has 2 rings (SSSR count). The Morgan fingerprint density at radius 2 is 2.07 bits per heavy atom. The number of ether oxygens (including phenoxy) is 1. The van der Waals surface area contributed by atoms with E-state index in [-0.39, 0.29) is 0 Å². The topological polar surface area (TPSA) is 9.23 Å². The Morgan fingerprint density at radius 1 is 1.36 bits per heavy atom. The molecule has 0 heterocycles. The third kappa shape index (κ3) is 1.98. The van der Waals surface area contributed by atoms with Gasteiger partial charge in [0.1, 0.15) is 0 Å². The average molecular weight is 190 g/mol. The second-order valence-electron chi connectivity index (χ2n) is 4.08. The molecule has 0 N–H and O–H groups in total. The van der Waals surface area contributed by atoms with Crippen LogP contribution in [-0.2, 0) is 4.74 Å². The van der Waals surface area contributed by atoms with Crippen molar-refractivity contribution in [3.8, 4) is 0 Å². The molecular weight excluding hydrogens is 172 g/mol. The van der Waals surface area contributed by atoms with Crippen LogP contribution in [0.4, 0.5) is 0 Å². The summed E-state index contributed by atoms with van der Waals surface area (Å²) in [4.78, 5) is 0. The summed E-state index contributed by atoms with van der Waals surface area (Å²) in [7, 11) is 0. The quantitative estimate of drug-likeness (QED) is 0.708. The lowest BCUT2D eigenvalue weighted by Gasteiger charge is -2.10. The maximum Gasteiger partial charge on any atom is 0.0581 e. The van der Waals surface area contributed by atoms with Gasteiger partial charge in [-0.05, 0) is 37.7 Å². The lowest BCUT2D eigenvalue weighted by atomic mass is 10.1. The van der Waals surface area contributed by atoms with Crippen molar-refractivity contribution >= 4 is 0 Å². The number of hydrogen-bond donors (Lipinski definition) is 0. The van der Waals surface area contributed by atoms with Crippen LogP contribution in [-0.4, -0.2) is 12.7 Å². The molecule has 1 aliphatic carbocycles. The predicted molar refractivity (Wildman–Crippen MR) is 58.4 cm³/mol. The van der Waals surface area contributed by atoms with E-state index in [1.807, 2.05) is 0 Å². The van der Waals surface area contributed by atoms with E-state index in [0.717, 1.165) is 18.4 Å². The molecule has 1 aromatic rings. The van der Waals surface area contributed by atoms with E-state index < -0.39 is 0 Å². The van der Waals surface area contributed by atoms with Crippen LogP contribution in [0.2, 0.25) is 0 Å². The van der Waals surface area contributed by atoms with Crippen molar-refractivity contribution < 1.29 is 4.74 Å². The Labute approximate surface area is 86.1 Å². The molecule has 1 heteroatoms. The molecule has 1 aliphatic rings. The van der Waals surface area contributed by atoms with E-state index in [4.69, 9.17) is 4.74 Å². The molecule has 0 aliphatic heterocycles. The van der Waals surface area contributed by atoms with Gasteiger partial charge in [-0.2, -0.15) is 0 Å². The fourth-order valence-electron chi connectivity index (χ4n) is 2.20. The molecule has 3 atom stereocenters. The first-order chi connectivity index (χ1) is 6.83. The Bertz CT molecular complexity index is 281. The van der Waals surface area contributed by atoms with Gasteiger partial charge >= 0.3 is 0 Å². The average Bonchev–Trinajstić information content (AvgIpc) is 2.99. The zero-order chi connectivity index (χ0) is 9.97. The fraction of sp³-hybridized carbons (Fsp3) is 0.538. The third-order valence-electron chi connectivity index (χ3n) is 3.10. The number of hydrogen-bond acceptors (Lipinski definition) is 1. The van der Waals surface area contributed by atoms with Crippen molar-refractivity contribution in [3.05, 3.63) is 35.9 Å². The molecule has 76 valence electrons. The minimum atomic E-state index is 0.421. The minimum Gasteiger partial charge on any atom is -0.378 e. The molecule has 0 aromatic heterocycles. The second kappa shape index (κ2) is 4.14. The summed E-state index contributed by atoms with van der Waals surface area (Å²) in [5.74, 6) is 1.50. The highest BCUT2D eigenvalue weighted by Gasteiger charge is 2.42. The molecule has 1 aromatic carbocycles. The monoisotopic (exact) mass is 190 g/mol. The van der Waals surface area contributed by atoms with Crippen LogP contribution in [0, 0.1) is 5.92 Å². The standard InChI is InChI=1S/C13H18O/c1-3-14-10(2)12-9-13(12)11-7-5-4-6-8-11/h4-8,10,12-13H,3,9H2,1-2H3/t10-,12+,13-/m1/s1. The van der Waals surface area contributed by atoms with Crippen molar-refractivity contribution in [2.45, 2.75) is 32.3 Å². The Morgan fingerprint density at radius 3 is 2.71 bits per heavy atom. The molecule has 1 fully saturated rings. The molecule has 0 spiro atoms. The fourth-order valence-corrected chi connectivity index (χ4v) is 2.20. The van der Waals surface area contributed by atoms with Crippen molar-refractivity contribution in [2.24, 2.45) is 5.92 Å². The van der Waals surface area contributed by atoms with Gasteiger partial charge in [0, 0.05) is 6.61 Å². The van der Waals surface area contributed by atoms with Crippen molar-refractivity contribution in [1.82, 2.24) is 0 Å². The minimum absolute atomic E-state index is 0.421. The van der Waals surface area contributed by atoms with Gasteiger partial charge in [-0.15, -0.1) is 0 Å². The zero-order valence-electron chi connectivity index (χ0n) is 8.94. The summed E-state index contributed by atoms with van der Waals surface area (Å²) in [5, 5.41) is 0. The Hall–Kier alpha value is -0.820. The van der Waals surface area contributed by atoms with E-state index in [1.165, 1.54) is 12.0 Å². The maximum atomic E-state index is 5.62. The second-order valence-corrected chi connectivity index (χ2v) is 4.08. The zero-order valence-corrected chi connectivity index (χ0v) is 8.94. The van der Waals surface area contributed by atoms with Crippen LogP contribution in [0.25, 0.3) is 0 Å². The third-order valence-corrected chi connectivity index (χ3v) is 3.10. The van der Waals surface area contributed by atoms with Crippen LogP contribution in [0.1, 0.15) is 31.7 Å².